The number of pyridine rings is 1. The molecule has 0 fully saturated rings. The fraction of sp³-hybridized carbons (Fsp3) is 0.571. The molecule has 1 aromatic heterocycles. The minimum Gasteiger partial charge on any atom is -0.478 e. The highest BCUT2D eigenvalue weighted by Crippen LogP contribution is 2.16. The van der Waals surface area contributed by atoms with Crippen molar-refractivity contribution in [2.75, 3.05) is 11.1 Å². The lowest BCUT2D eigenvalue weighted by Crippen LogP contribution is -2.16. The third-order valence-electron chi connectivity index (χ3n) is 3.05. The number of aromatic nitrogens is 1. The van der Waals surface area contributed by atoms with Gasteiger partial charge in [-0.25, -0.2) is 9.78 Å². The summed E-state index contributed by atoms with van der Waals surface area (Å²) >= 11 is 0. The Bertz CT molecular complexity index is 421. The van der Waals surface area contributed by atoms with Crippen molar-refractivity contribution in [1.29, 1.82) is 0 Å². The van der Waals surface area contributed by atoms with E-state index in [1.807, 2.05) is 0 Å². The van der Waals surface area contributed by atoms with E-state index in [0.717, 1.165) is 6.42 Å². The summed E-state index contributed by atoms with van der Waals surface area (Å²) in [7, 11) is 0. The number of rotatable bonds is 8. The van der Waals surface area contributed by atoms with Crippen LogP contribution in [0.5, 0.6) is 0 Å². The van der Waals surface area contributed by atoms with Gasteiger partial charge in [0.2, 0.25) is 0 Å². The van der Waals surface area contributed by atoms with Gasteiger partial charge in [0.25, 0.3) is 0 Å². The molecular weight excluding hydrogens is 242 g/mol. The molecule has 0 bridgehead atoms. The van der Waals surface area contributed by atoms with E-state index in [-0.39, 0.29) is 17.3 Å². The van der Waals surface area contributed by atoms with E-state index in [0.29, 0.717) is 5.82 Å². The lowest BCUT2D eigenvalue weighted by molar-refractivity contribution is 0.0698. The fourth-order valence-electron chi connectivity index (χ4n) is 1.93. The number of anilines is 2. The molecule has 0 aliphatic heterocycles. The first-order valence-corrected chi connectivity index (χ1v) is 6.80. The van der Waals surface area contributed by atoms with Crippen molar-refractivity contribution in [3.63, 3.8) is 0 Å². The van der Waals surface area contributed by atoms with E-state index in [1.165, 1.54) is 37.9 Å². The summed E-state index contributed by atoms with van der Waals surface area (Å²) < 4.78 is 0. The summed E-state index contributed by atoms with van der Waals surface area (Å²) in [5, 5.41) is 12.2. The number of hydrogen-bond acceptors (Lipinski definition) is 4. The van der Waals surface area contributed by atoms with Gasteiger partial charge in [-0.1, -0.05) is 32.6 Å². The van der Waals surface area contributed by atoms with Crippen molar-refractivity contribution in [3.05, 3.63) is 17.8 Å². The summed E-state index contributed by atoms with van der Waals surface area (Å²) in [6.07, 6.45) is 7.32. The normalized spacial score (nSPS) is 12.1. The molecule has 0 aliphatic carbocycles. The molecule has 5 nitrogen and oxygen atoms in total. The first kappa shape index (κ1) is 15.3. The molecular formula is C14H23N3O2. The van der Waals surface area contributed by atoms with Crippen molar-refractivity contribution in [2.45, 2.75) is 52.0 Å². The zero-order chi connectivity index (χ0) is 14.3. The number of aromatic carboxylic acids is 1. The maximum Gasteiger partial charge on any atom is 0.337 e. The molecule has 106 valence electrons. The minimum absolute atomic E-state index is 0.0932. The summed E-state index contributed by atoms with van der Waals surface area (Å²) in [5.41, 5.74) is 5.85. The van der Waals surface area contributed by atoms with Crippen LogP contribution in [0, 0.1) is 0 Å². The van der Waals surface area contributed by atoms with Gasteiger partial charge in [0.1, 0.15) is 5.82 Å². The van der Waals surface area contributed by atoms with Crippen LogP contribution in [0.2, 0.25) is 0 Å². The third-order valence-corrected chi connectivity index (χ3v) is 3.05. The molecule has 19 heavy (non-hydrogen) atoms. The quantitative estimate of drug-likeness (QED) is 0.628. The number of carboxylic acids is 1. The Morgan fingerprint density at radius 3 is 2.84 bits per heavy atom. The molecule has 0 saturated carbocycles. The van der Waals surface area contributed by atoms with Gasteiger partial charge in [-0.05, 0) is 19.4 Å². The van der Waals surface area contributed by atoms with Gasteiger partial charge < -0.3 is 16.2 Å². The number of hydrogen-bond donors (Lipinski definition) is 3. The maximum absolute atomic E-state index is 11.0. The van der Waals surface area contributed by atoms with Gasteiger partial charge in [-0.15, -0.1) is 0 Å². The van der Waals surface area contributed by atoms with Gasteiger partial charge in [-0.2, -0.15) is 0 Å². The number of nitrogens with two attached hydrogens (primary N) is 1. The second kappa shape index (κ2) is 7.61. The molecule has 1 aromatic rings. The van der Waals surface area contributed by atoms with Gasteiger partial charge >= 0.3 is 5.97 Å². The van der Waals surface area contributed by atoms with Crippen LogP contribution in [0.4, 0.5) is 11.5 Å². The van der Waals surface area contributed by atoms with E-state index >= 15 is 0 Å². The van der Waals surface area contributed by atoms with Crippen LogP contribution in [0.3, 0.4) is 0 Å². The summed E-state index contributed by atoms with van der Waals surface area (Å²) in [5.74, 6) is -0.465. The average Bonchev–Trinajstić information content (AvgIpc) is 2.36. The monoisotopic (exact) mass is 265 g/mol. The first-order chi connectivity index (χ1) is 9.04. The van der Waals surface area contributed by atoms with Crippen molar-refractivity contribution < 1.29 is 9.90 Å². The zero-order valence-corrected chi connectivity index (χ0v) is 11.6. The predicted molar refractivity (Wildman–Crippen MR) is 77.5 cm³/mol. The smallest absolute Gasteiger partial charge is 0.337 e. The lowest BCUT2D eigenvalue weighted by Gasteiger charge is -2.15. The maximum atomic E-state index is 11.0. The second-order valence-electron chi connectivity index (χ2n) is 4.86. The molecule has 0 radical (unpaired) electrons. The van der Waals surface area contributed by atoms with Crippen LogP contribution >= 0.6 is 0 Å². The SMILES string of the molecule is CCCCCCC(C)Nc1cc(C(=O)O)c(N)cn1. The molecule has 4 N–H and O–H groups in total. The van der Waals surface area contributed by atoms with Crippen molar-refractivity contribution in [1.82, 2.24) is 4.98 Å². The molecule has 0 spiro atoms. The molecule has 1 unspecified atom stereocenters. The van der Waals surface area contributed by atoms with Crippen molar-refractivity contribution in [3.8, 4) is 0 Å². The van der Waals surface area contributed by atoms with Gasteiger partial charge in [-0.3, -0.25) is 0 Å². The molecule has 1 rings (SSSR count). The molecule has 1 heterocycles. The van der Waals surface area contributed by atoms with Gasteiger partial charge in [0, 0.05) is 6.04 Å². The number of unbranched alkanes of at least 4 members (excludes halogenated alkanes) is 3. The highest BCUT2D eigenvalue weighted by Gasteiger charge is 2.10. The van der Waals surface area contributed by atoms with E-state index in [4.69, 9.17) is 10.8 Å². The number of nitrogens with zero attached hydrogens (tertiary/aromatic N) is 1. The molecule has 0 saturated heterocycles. The Labute approximate surface area is 114 Å². The number of nitrogen functional groups attached to an aromatic ring is 1. The standard InChI is InChI=1S/C14H23N3O2/c1-3-4-5-6-7-10(2)17-13-8-11(14(18)19)12(15)9-16-13/h8-10H,3-7,15H2,1-2H3,(H,16,17)(H,18,19). The minimum atomic E-state index is -1.03. The van der Waals surface area contributed by atoms with Crippen LogP contribution in [0.1, 0.15) is 56.3 Å². The van der Waals surface area contributed by atoms with Crippen molar-refractivity contribution >= 4 is 17.5 Å². The number of carboxylic acid groups (broad SMARTS) is 1. The van der Waals surface area contributed by atoms with E-state index < -0.39 is 5.97 Å². The Balaban J connectivity index is 2.52. The molecule has 0 aromatic carbocycles. The number of carbonyl (C=O) groups is 1. The second-order valence-corrected chi connectivity index (χ2v) is 4.86. The van der Waals surface area contributed by atoms with E-state index in [9.17, 15) is 4.79 Å². The molecule has 0 amide bonds. The van der Waals surface area contributed by atoms with Crippen LogP contribution in [-0.2, 0) is 0 Å². The summed E-state index contributed by atoms with van der Waals surface area (Å²) in [4.78, 5) is 15.1. The van der Waals surface area contributed by atoms with Crippen LogP contribution in [-0.4, -0.2) is 22.1 Å². The lowest BCUT2D eigenvalue weighted by atomic mass is 10.1. The first-order valence-electron chi connectivity index (χ1n) is 6.80. The third kappa shape index (κ3) is 5.16. The average molecular weight is 265 g/mol. The summed E-state index contributed by atoms with van der Waals surface area (Å²) in [6, 6.07) is 1.76. The summed E-state index contributed by atoms with van der Waals surface area (Å²) in [6.45, 7) is 4.26. The Kier molecular flexibility index (Phi) is 6.12. The van der Waals surface area contributed by atoms with Crippen LogP contribution in [0.15, 0.2) is 12.3 Å². The Morgan fingerprint density at radius 2 is 2.21 bits per heavy atom. The highest BCUT2D eigenvalue weighted by atomic mass is 16.4. The molecule has 1 atom stereocenters. The Hall–Kier alpha value is -1.78. The topological polar surface area (TPSA) is 88.2 Å². The predicted octanol–water partition coefficient (Wildman–Crippen LogP) is 3.13. The Morgan fingerprint density at radius 1 is 1.47 bits per heavy atom. The fourth-order valence-corrected chi connectivity index (χ4v) is 1.93. The van der Waals surface area contributed by atoms with Crippen LogP contribution < -0.4 is 11.1 Å². The number of nitrogens with one attached hydrogen (secondary N) is 1. The highest BCUT2D eigenvalue weighted by molar-refractivity contribution is 5.94. The van der Waals surface area contributed by atoms with Crippen LogP contribution in [0.25, 0.3) is 0 Å². The van der Waals surface area contributed by atoms with Gasteiger partial charge in [0.05, 0.1) is 17.4 Å². The van der Waals surface area contributed by atoms with Gasteiger partial charge in [0.15, 0.2) is 0 Å². The van der Waals surface area contributed by atoms with Crippen molar-refractivity contribution in [2.24, 2.45) is 0 Å². The molecule has 5 heteroatoms. The van der Waals surface area contributed by atoms with E-state index in [2.05, 4.69) is 24.1 Å². The largest absolute Gasteiger partial charge is 0.478 e. The van der Waals surface area contributed by atoms with E-state index in [1.54, 1.807) is 0 Å². The zero-order valence-electron chi connectivity index (χ0n) is 11.6. The molecule has 0 aliphatic rings.